The van der Waals surface area contributed by atoms with Crippen molar-refractivity contribution in [2.45, 2.75) is 6.61 Å². The minimum atomic E-state index is -0.396. The fourth-order valence-electron chi connectivity index (χ4n) is 1.19. The Kier molecular flexibility index (Phi) is 2.24. The summed E-state index contributed by atoms with van der Waals surface area (Å²) in [4.78, 5) is 0. The third-order valence-corrected chi connectivity index (χ3v) is 1.86. The van der Waals surface area contributed by atoms with E-state index in [0.29, 0.717) is 5.69 Å². The Labute approximate surface area is 79.6 Å². The molecule has 72 valence electrons. The molecule has 0 aliphatic heterocycles. The number of aliphatic hydroxyl groups excluding tert-OH is 1. The van der Waals surface area contributed by atoms with Crippen molar-refractivity contribution in [2.75, 3.05) is 0 Å². The van der Waals surface area contributed by atoms with Crippen LogP contribution in [-0.2, 0) is 6.61 Å². The maximum atomic E-state index is 13.3. The van der Waals surface area contributed by atoms with E-state index in [1.807, 2.05) is 0 Å². The minimum absolute atomic E-state index is 0.221. The second-order valence-corrected chi connectivity index (χ2v) is 2.75. The summed E-state index contributed by atoms with van der Waals surface area (Å²) in [5.41, 5.74) is 0.740. The molecule has 0 aliphatic rings. The molecule has 1 heterocycles. The topological polar surface area (TPSA) is 50.9 Å². The van der Waals surface area contributed by atoms with Gasteiger partial charge in [0.05, 0.1) is 18.5 Å². The molecule has 1 aromatic heterocycles. The summed E-state index contributed by atoms with van der Waals surface area (Å²) < 4.78 is 14.6. The van der Waals surface area contributed by atoms with E-state index in [2.05, 4.69) is 10.3 Å². The molecule has 0 fully saturated rings. The van der Waals surface area contributed by atoms with Crippen molar-refractivity contribution >= 4 is 0 Å². The first-order valence-corrected chi connectivity index (χ1v) is 4.08. The van der Waals surface area contributed by atoms with Gasteiger partial charge in [0, 0.05) is 0 Å². The number of aromatic nitrogens is 3. The first kappa shape index (κ1) is 8.83. The van der Waals surface area contributed by atoms with Gasteiger partial charge in [0.2, 0.25) is 0 Å². The summed E-state index contributed by atoms with van der Waals surface area (Å²) in [5, 5.41) is 16.2. The number of halogens is 1. The van der Waals surface area contributed by atoms with Crippen molar-refractivity contribution in [3.05, 3.63) is 42.0 Å². The highest BCUT2D eigenvalue weighted by Crippen LogP contribution is 2.13. The van der Waals surface area contributed by atoms with Gasteiger partial charge in [-0.25, -0.2) is 9.07 Å². The minimum Gasteiger partial charge on any atom is -0.390 e. The third kappa shape index (κ3) is 1.38. The van der Waals surface area contributed by atoms with Gasteiger partial charge in [-0.15, -0.1) is 5.10 Å². The van der Waals surface area contributed by atoms with Crippen molar-refractivity contribution in [1.29, 1.82) is 0 Å². The predicted octanol–water partition coefficient (Wildman–Crippen LogP) is 0.899. The summed E-state index contributed by atoms with van der Waals surface area (Å²) in [6.45, 7) is -0.221. The molecule has 0 saturated heterocycles. The molecule has 1 aromatic carbocycles. The van der Waals surface area contributed by atoms with Crippen molar-refractivity contribution in [2.24, 2.45) is 0 Å². The highest BCUT2D eigenvalue weighted by Gasteiger charge is 2.08. The number of rotatable bonds is 2. The monoisotopic (exact) mass is 193 g/mol. The van der Waals surface area contributed by atoms with E-state index in [1.54, 1.807) is 18.2 Å². The lowest BCUT2D eigenvalue weighted by molar-refractivity contribution is 0.273. The van der Waals surface area contributed by atoms with E-state index in [-0.39, 0.29) is 12.3 Å². The van der Waals surface area contributed by atoms with Gasteiger partial charge in [0.1, 0.15) is 11.5 Å². The number of benzene rings is 1. The van der Waals surface area contributed by atoms with E-state index >= 15 is 0 Å². The molecule has 5 heteroatoms. The first-order valence-electron chi connectivity index (χ1n) is 4.08. The quantitative estimate of drug-likeness (QED) is 0.770. The molecule has 4 nitrogen and oxygen atoms in total. The molecule has 0 bridgehead atoms. The van der Waals surface area contributed by atoms with E-state index in [9.17, 15) is 4.39 Å². The summed E-state index contributed by atoms with van der Waals surface area (Å²) in [7, 11) is 0. The van der Waals surface area contributed by atoms with E-state index in [1.165, 1.54) is 16.9 Å². The van der Waals surface area contributed by atoms with Crippen LogP contribution in [0.5, 0.6) is 0 Å². The Bertz CT molecular complexity index is 441. The molecule has 0 atom stereocenters. The number of hydrogen-bond donors (Lipinski definition) is 1. The Morgan fingerprint density at radius 1 is 1.36 bits per heavy atom. The molecule has 2 rings (SSSR count). The second-order valence-electron chi connectivity index (χ2n) is 2.75. The predicted molar refractivity (Wildman–Crippen MR) is 47.2 cm³/mol. The molecule has 14 heavy (non-hydrogen) atoms. The molecular formula is C9H8FN3O. The number of hydrogen-bond acceptors (Lipinski definition) is 3. The zero-order valence-electron chi connectivity index (χ0n) is 7.26. The van der Waals surface area contributed by atoms with Crippen LogP contribution >= 0.6 is 0 Å². The standard InChI is InChI=1S/C9H8FN3O/c10-8-3-1-2-4-9(8)13-7(6-14)5-11-12-13/h1-5,14H,6H2. The van der Waals surface area contributed by atoms with Gasteiger partial charge in [-0.3, -0.25) is 0 Å². The van der Waals surface area contributed by atoms with Crippen molar-refractivity contribution in [1.82, 2.24) is 15.0 Å². The molecule has 0 spiro atoms. The van der Waals surface area contributed by atoms with Crippen LogP contribution in [0.15, 0.2) is 30.5 Å². The van der Waals surface area contributed by atoms with Crippen molar-refractivity contribution in [3.8, 4) is 5.69 Å². The largest absolute Gasteiger partial charge is 0.390 e. The molecule has 0 saturated carbocycles. The van der Waals surface area contributed by atoms with Gasteiger partial charge < -0.3 is 5.11 Å². The number of nitrogens with zero attached hydrogens (tertiary/aromatic N) is 3. The number of para-hydroxylation sites is 1. The first-order chi connectivity index (χ1) is 6.83. The highest BCUT2D eigenvalue weighted by molar-refractivity contribution is 5.33. The van der Waals surface area contributed by atoms with Gasteiger partial charge in [-0.05, 0) is 12.1 Å². The van der Waals surface area contributed by atoms with Crippen molar-refractivity contribution in [3.63, 3.8) is 0 Å². The van der Waals surface area contributed by atoms with Crippen LogP contribution in [0.1, 0.15) is 5.69 Å². The Morgan fingerprint density at radius 3 is 2.86 bits per heavy atom. The van der Waals surface area contributed by atoms with Crippen LogP contribution in [0.25, 0.3) is 5.69 Å². The average molecular weight is 193 g/mol. The van der Waals surface area contributed by atoms with E-state index in [0.717, 1.165) is 0 Å². The van der Waals surface area contributed by atoms with Gasteiger partial charge in [-0.2, -0.15) is 0 Å². The van der Waals surface area contributed by atoms with E-state index in [4.69, 9.17) is 5.11 Å². The van der Waals surface area contributed by atoms with E-state index < -0.39 is 5.82 Å². The fourth-order valence-corrected chi connectivity index (χ4v) is 1.19. The molecule has 2 aromatic rings. The summed E-state index contributed by atoms with van der Waals surface area (Å²) in [5.74, 6) is -0.396. The van der Waals surface area contributed by atoms with Crippen molar-refractivity contribution < 1.29 is 9.50 Å². The molecule has 0 radical (unpaired) electrons. The van der Waals surface area contributed by atoms with Crippen LogP contribution in [0.4, 0.5) is 4.39 Å². The van der Waals surface area contributed by atoms with Crippen LogP contribution < -0.4 is 0 Å². The van der Waals surface area contributed by atoms with Crippen LogP contribution in [0.2, 0.25) is 0 Å². The third-order valence-electron chi connectivity index (χ3n) is 1.86. The average Bonchev–Trinajstić information content (AvgIpc) is 2.66. The van der Waals surface area contributed by atoms with Gasteiger partial charge >= 0.3 is 0 Å². The lowest BCUT2D eigenvalue weighted by atomic mass is 10.3. The zero-order chi connectivity index (χ0) is 9.97. The second kappa shape index (κ2) is 3.55. The fraction of sp³-hybridized carbons (Fsp3) is 0.111. The lowest BCUT2D eigenvalue weighted by Gasteiger charge is -2.04. The SMILES string of the molecule is OCc1cnnn1-c1ccccc1F. The van der Waals surface area contributed by atoms with Gasteiger partial charge in [-0.1, -0.05) is 17.3 Å². The Morgan fingerprint density at radius 2 is 2.14 bits per heavy atom. The van der Waals surface area contributed by atoms with Gasteiger partial charge in [0.25, 0.3) is 0 Å². The van der Waals surface area contributed by atoms with Crippen LogP contribution in [0, 0.1) is 5.82 Å². The smallest absolute Gasteiger partial charge is 0.148 e. The Balaban J connectivity index is 2.54. The lowest BCUT2D eigenvalue weighted by Crippen LogP contribution is -2.04. The van der Waals surface area contributed by atoms with Crippen LogP contribution in [-0.4, -0.2) is 20.1 Å². The maximum absolute atomic E-state index is 13.3. The molecular weight excluding hydrogens is 185 g/mol. The normalized spacial score (nSPS) is 10.4. The zero-order valence-corrected chi connectivity index (χ0v) is 7.26. The van der Waals surface area contributed by atoms with Crippen LogP contribution in [0.3, 0.4) is 0 Å². The number of aliphatic hydroxyl groups is 1. The van der Waals surface area contributed by atoms with Gasteiger partial charge in [0.15, 0.2) is 0 Å². The highest BCUT2D eigenvalue weighted by atomic mass is 19.1. The summed E-state index contributed by atoms with van der Waals surface area (Å²) in [6, 6.07) is 6.19. The molecule has 1 N–H and O–H groups in total. The summed E-state index contributed by atoms with van der Waals surface area (Å²) in [6.07, 6.45) is 1.40. The molecule has 0 aliphatic carbocycles. The molecule has 0 amide bonds. The Hall–Kier alpha value is -1.75. The maximum Gasteiger partial charge on any atom is 0.148 e. The molecule has 0 unspecified atom stereocenters. The summed E-state index contributed by atoms with van der Waals surface area (Å²) >= 11 is 0.